The van der Waals surface area contributed by atoms with Gasteiger partial charge in [-0.1, -0.05) is 0 Å². The number of sulfonamides is 1. The molecule has 0 aliphatic carbocycles. The number of nitrogens with zero attached hydrogens (tertiary/aromatic N) is 1. The Labute approximate surface area is 97.9 Å². The lowest BCUT2D eigenvalue weighted by Crippen LogP contribution is -2.45. The predicted molar refractivity (Wildman–Crippen MR) is 54.6 cm³/mol. The minimum absolute atomic E-state index is 0.240. The minimum Gasteiger partial charge on any atom is -0.292 e. The highest BCUT2D eigenvalue weighted by Gasteiger charge is 2.29. The normalized spacial score (nSPS) is 20.7. The van der Waals surface area contributed by atoms with Gasteiger partial charge in [-0.25, -0.2) is 12.7 Å². The second-order valence-electron chi connectivity index (χ2n) is 3.96. The van der Waals surface area contributed by atoms with Gasteiger partial charge in [-0.3, -0.25) is 4.84 Å². The molecule has 5 nitrogen and oxygen atoms in total. The first-order valence-electron chi connectivity index (χ1n) is 5.08. The third-order valence-electron chi connectivity index (χ3n) is 2.41. The topological polar surface area (TPSA) is 58.6 Å². The molecule has 0 aromatic heterocycles. The van der Waals surface area contributed by atoms with E-state index in [9.17, 15) is 21.6 Å². The molecule has 0 amide bonds. The second-order valence-corrected chi connectivity index (χ2v) is 5.94. The van der Waals surface area contributed by atoms with Gasteiger partial charge in [-0.05, 0) is 12.8 Å². The SMILES string of the molecule is CS(=O)(=O)N1CCC(NOCC(F)(F)F)CC1. The fourth-order valence-electron chi connectivity index (χ4n) is 1.55. The summed E-state index contributed by atoms with van der Waals surface area (Å²) in [5.41, 5.74) is 2.31. The highest BCUT2D eigenvalue weighted by molar-refractivity contribution is 7.88. The zero-order chi connectivity index (χ0) is 13.1. The maximum Gasteiger partial charge on any atom is 0.413 e. The zero-order valence-electron chi connectivity index (χ0n) is 9.33. The summed E-state index contributed by atoms with van der Waals surface area (Å²) < 4.78 is 59.0. The Morgan fingerprint density at radius 2 is 1.88 bits per heavy atom. The summed E-state index contributed by atoms with van der Waals surface area (Å²) in [6.07, 6.45) is -2.38. The summed E-state index contributed by atoms with van der Waals surface area (Å²) >= 11 is 0. The molecule has 1 rings (SSSR count). The third kappa shape index (κ3) is 5.66. The van der Waals surface area contributed by atoms with E-state index in [4.69, 9.17) is 0 Å². The van der Waals surface area contributed by atoms with Crippen molar-refractivity contribution in [2.24, 2.45) is 0 Å². The van der Waals surface area contributed by atoms with Crippen LogP contribution in [0.15, 0.2) is 0 Å². The van der Waals surface area contributed by atoms with E-state index in [0.717, 1.165) is 6.26 Å². The molecule has 0 unspecified atom stereocenters. The van der Waals surface area contributed by atoms with Gasteiger partial charge in [-0.15, -0.1) is 0 Å². The van der Waals surface area contributed by atoms with Crippen molar-refractivity contribution < 1.29 is 26.4 Å². The molecule has 1 N–H and O–H groups in total. The Hall–Kier alpha value is -0.380. The highest BCUT2D eigenvalue weighted by Crippen LogP contribution is 2.16. The number of halogens is 3. The second kappa shape index (κ2) is 5.51. The van der Waals surface area contributed by atoms with Crippen molar-refractivity contribution in [2.75, 3.05) is 26.0 Å². The number of hydrogen-bond acceptors (Lipinski definition) is 4. The Balaban J connectivity index is 2.24. The first-order valence-corrected chi connectivity index (χ1v) is 6.92. The maximum absolute atomic E-state index is 11.8. The monoisotopic (exact) mass is 276 g/mol. The van der Waals surface area contributed by atoms with Crippen LogP contribution in [-0.2, 0) is 14.9 Å². The number of piperidine rings is 1. The van der Waals surface area contributed by atoms with Crippen LogP contribution in [0.4, 0.5) is 13.2 Å². The summed E-state index contributed by atoms with van der Waals surface area (Å²) in [5.74, 6) is 0. The fourth-order valence-corrected chi connectivity index (χ4v) is 2.42. The van der Waals surface area contributed by atoms with Crippen molar-refractivity contribution in [1.29, 1.82) is 0 Å². The summed E-state index contributed by atoms with van der Waals surface area (Å²) in [4.78, 5) is 4.32. The summed E-state index contributed by atoms with van der Waals surface area (Å²) in [6, 6.07) is -0.240. The molecule has 0 saturated carbocycles. The van der Waals surface area contributed by atoms with Gasteiger partial charge in [0.25, 0.3) is 0 Å². The number of rotatable bonds is 4. The largest absolute Gasteiger partial charge is 0.413 e. The minimum atomic E-state index is -4.36. The molecular formula is C8H15F3N2O3S. The molecule has 102 valence electrons. The van der Waals surface area contributed by atoms with E-state index in [2.05, 4.69) is 10.3 Å². The quantitative estimate of drug-likeness (QED) is 0.759. The molecule has 1 aliphatic heterocycles. The molecule has 1 saturated heterocycles. The third-order valence-corrected chi connectivity index (χ3v) is 3.71. The van der Waals surface area contributed by atoms with Gasteiger partial charge in [0, 0.05) is 19.1 Å². The Kier molecular flexibility index (Phi) is 4.76. The molecule has 9 heteroatoms. The van der Waals surface area contributed by atoms with Gasteiger partial charge in [-0.2, -0.15) is 18.7 Å². The average Bonchev–Trinajstić information content (AvgIpc) is 2.15. The van der Waals surface area contributed by atoms with Gasteiger partial charge in [0.05, 0.1) is 6.26 Å². The van der Waals surface area contributed by atoms with Gasteiger partial charge < -0.3 is 0 Å². The first-order chi connectivity index (χ1) is 7.68. The lowest BCUT2D eigenvalue weighted by molar-refractivity contribution is -0.193. The van der Waals surface area contributed by atoms with Crippen LogP contribution >= 0.6 is 0 Å². The molecule has 0 aromatic carbocycles. The van der Waals surface area contributed by atoms with Crippen LogP contribution in [0.5, 0.6) is 0 Å². The summed E-state index contributed by atoms with van der Waals surface area (Å²) in [7, 11) is -3.21. The maximum atomic E-state index is 11.8. The van der Waals surface area contributed by atoms with Crippen molar-refractivity contribution in [2.45, 2.75) is 25.1 Å². The molecule has 17 heavy (non-hydrogen) atoms. The molecule has 1 fully saturated rings. The van der Waals surface area contributed by atoms with Crippen molar-refractivity contribution in [1.82, 2.24) is 9.79 Å². The summed E-state index contributed by atoms with van der Waals surface area (Å²) in [6.45, 7) is -0.753. The molecule has 0 bridgehead atoms. The molecule has 0 atom stereocenters. The summed E-state index contributed by atoms with van der Waals surface area (Å²) in [5, 5.41) is 0. The number of alkyl halides is 3. The van der Waals surface area contributed by atoms with E-state index >= 15 is 0 Å². The number of hydrogen-bond donors (Lipinski definition) is 1. The lowest BCUT2D eigenvalue weighted by Gasteiger charge is -2.30. The van der Waals surface area contributed by atoms with E-state index in [1.165, 1.54) is 4.31 Å². The molecule has 1 aliphatic rings. The molecular weight excluding hydrogens is 261 g/mol. The molecule has 1 heterocycles. The van der Waals surface area contributed by atoms with Crippen molar-refractivity contribution >= 4 is 10.0 Å². The van der Waals surface area contributed by atoms with E-state index in [1.54, 1.807) is 0 Å². The van der Waals surface area contributed by atoms with Crippen molar-refractivity contribution in [3.63, 3.8) is 0 Å². The van der Waals surface area contributed by atoms with E-state index < -0.39 is 22.8 Å². The van der Waals surface area contributed by atoms with Gasteiger partial charge in [0.1, 0.15) is 0 Å². The predicted octanol–water partition coefficient (Wildman–Crippen LogP) is 0.494. The van der Waals surface area contributed by atoms with Crippen LogP contribution in [0.25, 0.3) is 0 Å². The number of hydroxylamine groups is 1. The zero-order valence-corrected chi connectivity index (χ0v) is 10.1. The van der Waals surface area contributed by atoms with E-state index in [0.29, 0.717) is 25.9 Å². The molecule has 0 spiro atoms. The van der Waals surface area contributed by atoms with Crippen molar-refractivity contribution in [3.05, 3.63) is 0 Å². The van der Waals surface area contributed by atoms with Crippen LogP contribution in [0.1, 0.15) is 12.8 Å². The van der Waals surface area contributed by atoms with E-state index in [-0.39, 0.29) is 6.04 Å². The van der Waals surface area contributed by atoms with Crippen molar-refractivity contribution in [3.8, 4) is 0 Å². The van der Waals surface area contributed by atoms with Crippen LogP contribution < -0.4 is 5.48 Å². The molecule has 0 radical (unpaired) electrons. The van der Waals surface area contributed by atoms with Gasteiger partial charge in [0.2, 0.25) is 10.0 Å². The average molecular weight is 276 g/mol. The Bertz CT molecular complexity index is 336. The smallest absolute Gasteiger partial charge is 0.292 e. The van der Waals surface area contributed by atoms with E-state index in [1.807, 2.05) is 0 Å². The Morgan fingerprint density at radius 3 is 2.29 bits per heavy atom. The standard InChI is InChI=1S/C8H15F3N2O3S/c1-17(14,15)13-4-2-7(3-5-13)12-16-6-8(9,10)11/h7,12H,2-6H2,1H3. The lowest BCUT2D eigenvalue weighted by atomic mass is 10.1. The van der Waals surface area contributed by atoms with Crippen LogP contribution in [0, 0.1) is 0 Å². The Morgan fingerprint density at radius 1 is 1.35 bits per heavy atom. The van der Waals surface area contributed by atoms with Crippen LogP contribution in [0.3, 0.4) is 0 Å². The number of nitrogens with one attached hydrogen (secondary N) is 1. The first kappa shape index (κ1) is 14.7. The van der Waals surface area contributed by atoms with Gasteiger partial charge >= 0.3 is 6.18 Å². The highest BCUT2D eigenvalue weighted by atomic mass is 32.2. The fraction of sp³-hybridized carbons (Fsp3) is 1.00. The molecule has 0 aromatic rings. The van der Waals surface area contributed by atoms with Crippen LogP contribution in [0.2, 0.25) is 0 Å². The van der Waals surface area contributed by atoms with Crippen LogP contribution in [-0.4, -0.2) is 50.9 Å². The van der Waals surface area contributed by atoms with Gasteiger partial charge in [0.15, 0.2) is 6.61 Å².